The highest BCUT2D eigenvalue weighted by Crippen LogP contribution is 2.23. The van der Waals surface area contributed by atoms with E-state index in [-0.39, 0.29) is 11.9 Å². The molecule has 4 heteroatoms. The van der Waals surface area contributed by atoms with Gasteiger partial charge in [-0.15, -0.1) is 0 Å². The highest BCUT2D eigenvalue weighted by molar-refractivity contribution is 5.49. The van der Waals surface area contributed by atoms with E-state index in [0.29, 0.717) is 18.3 Å². The fourth-order valence-corrected chi connectivity index (χ4v) is 2.67. The average molecular weight is 294 g/mol. The lowest BCUT2D eigenvalue weighted by atomic mass is 10.1. The van der Waals surface area contributed by atoms with E-state index < -0.39 is 0 Å². The van der Waals surface area contributed by atoms with Crippen molar-refractivity contribution in [1.29, 1.82) is 0 Å². The summed E-state index contributed by atoms with van der Waals surface area (Å²) >= 11 is 0. The zero-order valence-electron chi connectivity index (χ0n) is 13.4. The summed E-state index contributed by atoms with van der Waals surface area (Å²) in [6.07, 6.45) is 2.44. The van der Waals surface area contributed by atoms with Crippen LogP contribution in [0.2, 0.25) is 0 Å². The van der Waals surface area contributed by atoms with Crippen LogP contribution >= 0.6 is 0 Å². The molecule has 1 aliphatic rings. The lowest BCUT2D eigenvalue weighted by Crippen LogP contribution is -2.32. The molecule has 1 aromatic carbocycles. The summed E-state index contributed by atoms with van der Waals surface area (Å²) in [7, 11) is 0. The number of hydrogen-bond acceptors (Lipinski definition) is 3. The molecule has 0 radical (unpaired) electrons. The van der Waals surface area contributed by atoms with Crippen LogP contribution in [0.25, 0.3) is 0 Å². The third-order valence-corrected chi connectivity index (χ3v) is 3.90. The first-order valence-electron chi connectivity index (χ1n) is 7.98. The van der Waals surface area contributed by atoms with E-state index in [1.54, 1.807) is 6.07 Å². The Morgan fingerprint density at radius 1 is 1.43 bits per heavy atom. The van der Waals surface area contributed by atoms with E-state index in [0.717, 1.165) is 38.1 Å². The van der Waals surface area contributed by atoms with Crippen LogP contribution in [0.4, 0.5) is 10.1 Å². The molecule has 0 aliphatic carbocycles. The maximum Gasteiger partial charge on any atom is 0.146 e. The largest absolute Gasteiger partial charge is 0.376 e. The summed E-state index contributed by atoms with van der Waals surface area (Å²) in [5.74, 6) is -0.141. The van der Waals surface area contributed by atoms with Crippen molar-refractivity contribution in [2.24, 2.45) is 0 Å². The fraction of sp³-hybridized carbons (Fsp3) is 0.647. The Bertz CT molecular complexity index is 444. The Balaban J connectivity index is 2.03. The zero-order chi connectivity index (χ0) is 15.2. The normalized spacial score (nSPS) is 18.4. The highest BCUT2D eigenvalue weighted by Gasteiger charge is 2.20. The molecule has 2 rings (SSSR count). The first kappa shape index (κ1) is 16.2. The monoisotopic (exact) mass is 294 g/mol. The SMILES string of the molecule is CCN(CC1CCCO1)c1ccc(CNC(C)C)cc1F. The lowest BCUT2D eigenvalue weighted by molar-refractivity contribution is 0.115. The molecular weight excluding hydrogens is 267 g/mol. The van der Waals surface area contributed by atoms with Crippen molar-refractivity contribution in [3.8, 4) is 0 Å². The number of halogens is 1. The summed E-state index contributed by atoms with van der Waals surface area (Å²) in [6, 6.07) is 5.94. The maximum absolute atomic E-state index is 14.4. The number of anilines is 1. The minimum absolute atomic E-state index is 0.141. The van der Waals surface area contributed by atoms with E-state index in [2.05, 4.69) is 31.0 Å². The predicted octanol–water partition coefficient (Wildman–Crippen LogP) is 3.33. The van der Waals surface area contributed by atoms with Gasteiger partial charge in [0.15, 0.2) is 0 Å². The summed E-state index contributed by atoms with van der Waals surface area (Å²) in [5, 5.41) is 3.31. The number of rotatable bonds is 7. The van der Waals surface area contributed by atoms with Crippen LogP contribution in [-0.2, 0) is 11.3 Å². The van der Waals surface area contributed by atoms with Crippen LogP contribution in [0.1, 0.15) is 39.2 Å². The van der Waals surface area contributed by atoms with Crippen molar-refractivity contribution in [3.05, 3.63) is 29.6 Å². The molecule has 3 nitrogen and oxygen atoms in total. The number of nitrogens with one attached hydrogen (secondary N) is 1. The van der Waals surface area contributed by atoms with Crippen LogP contribution in [0.15, 0.2) is 18.2 Å². The van der Waals surface area contributed by atoms with Gasteiger partial charge in [-0.05, 0) is 37.5 Å². The zero-order valence-corrected chi connectivity index (χ0v) is 13.4. The molecule has 1 atom stereocenters. The summed E-state index contributed by atoms with van der Waals surface area (Å²) in [6.45, 7) is 9.34. The van der Waals surface area contributed by atoms with Crippen LogP contribution in [0.3, 0.4) is 0 Å². The molecule has 1 aliphatic heterocycles. The fourth-order valence-electron chi connectivity index (χ4n) is 2.67. The van der Waals surface area contributed by atoms with E-state index in [1.165, 1.54) is 0 Å². The van der Waals surface area contributed by atoms with Crippen LogP contribution in [-0.4, -0.2) is 31.8 Å². The molecule has 0 saturated carbocycles. The summed E-state index contributed by atoms with van der Waals surface area (Å²) in [4.78, 5) is 2.07. The molecule has 1 N–H and O–H groups in total. The number of hydrogen-bond donors (Lipinski definition) is 1. The van der Waals surface area contributed by atoms with Gasteiger partial charge in [-0.25, -0.2) is 4.39 Å². The standard InChI is InChI=1S/C17H27FN2O/c1-4-20(12-15-6-5-9-21-15)17-8-7-14(10-16(17)18)11-19-13(2)3/h7-8,10,13,15,19H,4-6,9,11-12H2,1-3H3. The molecule has 21 heavy (non-hydrogen) atoms. The molecule has 0 aromatic heterocycles. The molecule has 0 spiro atoms. The second-order valence-corrected chi connectivity index (χ2v) is 6.00. The first-order valence-corrected chi connectivity index (χ1v) is 7.98. The third kappa shape index (κ3) is 4.68. The summed E-state index contributed by atoms with van der Waals surface area (Å²) < 4.78 is 20.0. The van der Waals surface area contributed by atoms with Gasteiger partial charge >= 0.3 is 0 Å². The Labute approximate surface area is 127 Å². The lowest BCUT2D eigenvalue weighted by Gasteiger charge is -2.26. The van der Waals surface area contributed by atoms with Gasteiger partial charge in [-0.3, -0.25) is 0 Å². The van der Waals surface area contributed by atoms with Gasteiger partial charge < -0.3 is 15.0 Å². The molecule has 118 valence electrons. The quantitative estimate of drug-likeness (QED) is 0.835. The Morgan fingerprint density at radius 2 is 2.24 bits per heavy atom. The van der Waals surface area contributed by atoms with Crippen molar-refractivity contribution in [2.75, 3.05) is 24.6 Å². The predicted molar refractivity (Wildman–Crippen MR) is 85.2 cm³/mol. The Morgan fingerprint density at radius 3 is 2.81 bits per heavy atom. The molecule has 1 unspecified atom stereocenters. The van der Waals surface area contributed by atoms with Gasteiger partial charge in [0.25, 0.3) is 0 Å². The molecule has 1 fully saturated rings. The van der Waals surface area contributed by atoms with Crippen molar-refractivity contribution in [1.82, 2.24) is 5.32 Å². The number of benzene rings is 1. The maximum atomic E-state index is 14.4. The van der Waals surface area contributed by atoms with Gasteiger partial charge in [0.2, 0.25) is 0 Å². The Hall–Kier alpha value is -1.13. The van der Waals surface area contributed by atoms with E-state index >= 15 is 0 Å². The second kappa shape index (κ2) is 7.76. The minimum Gasteiger partial charge on any atom is -0.376 e. The molecule has 1 saturated heterocycles. The molecule has 1 aromatic rings. The van der Waals surface area contributed by atoms with Crippen molar-refractivity contribution < 1.29 is 9.13 Å². The number of nitrogens with zero attached hydrogens (tertiary/aromatic N) is 1. The third-order valence-electron chi connectivity index (χ3n) is 3.90. The number of likely N-dealkylation sites (N-methyl/N-ethyl adjacent to an activating group) is 1. The van der Waals surface area contributed by atoms with Gasteiger partial charge in [0, 0.05) is 32.3 Å². The minimum atomic E-state index is -0.141. The molecule has 0 bridgehead atoms. The van der Waals surface area contributed by atoms with E-state index in [1.807, 2.05) is 12.1 Å². The van der Waals surface area contributed by atoms with Gasteiger partial charge in [-0.1, -0.05) is 19.9 Å². The van der Waals surface area contributed by atoms with Gasteiger partial charge in [0.1, 0.15) is 5.82 Å². The van der Waals surface area contributed by atoms with Crippen molar-refractivity contribution in [2.45, 2.75) is 52.3 Å². The smallest absolute Gasteiger partial charge is 0.146 e. The van der Waals surface area contributed by atoms with Crippen molar-refractivity contribution >= 4 is 5.69 Å². The van der Waals surface area contributed by atoms with E-state index in [9.17, 15) is 4.39 Å². The molecule has 1 heterocycles. The van der Waals surface area contributed by atoms with E-state index in [4.69, 9.17) is 4.74 Å². The van der Waals surface area contributed by atoms with Crippen LogP contribution < -0.4 is 10.2 Å². The second-order valence-electron chi connectivity index (χ2n) is 6.00. The summed E-state index contributed by atoms with van der Waals surface area (Å²) in [5.41, 5.74) is 1.67. The number of ether oxygens (including phenoxy) is 1. The van der Waals surface area contributed by atoms with Gasteiger partial charge in [-0.2, -0.15) is 0 Å². The Kier molecular flexibility index (Phi) is 6.00. The van der Waals surface area contributed by atoms with Crippen molar-refractivity contribution in [3.63, 3.8) is 0 Å². The van der Waals surface area contributed by atoms with Crippen LogP contribution in [0, 0.1) is 5.82 Å². The topological polar surface area (TPSA) is 24.5 Å². The van der Waals surface area contributed by atoms with Crippen LogP contribution in [0.5, 0.6) is 0 Å². The average Bonchev–Trinajstić information content (AvgIpc) is 2.96. The first-order chi connectivity index (χ1) is 10.1. The molecule has 0 amide bonds. The highest BCUT2D eigenvalue weighted by atomic mass is 19.1. The molecular formula is C17H27FN2O. The van der Waals surface area contributed by atoms with Gasteiger partial charge in [0.05, 0.1) is 11.8 Å².